The van der Waals surface area contributed by atoms with Gasteiger partial charge in [-0.25, -0.2) is 0 Å². The molecule has 0 radical (unpaired) electrons. The van der Waals surface area contributed by atoms with E-state index in [2.05, 4.69) is 4.79 Å². The quantitative estimate of drug-likeness (QED) is 0.460. The highest BCUT2D eigenvalue weighted by molar-refractivity contribution is 6.09. The van der Waals surface area contributed by atoms with Gasteiger partial charge in [-0.15, -0.1) is 0 Å². The first-order valence-corrected chi connectivity index (χ1v) is 5.68. The van der Waals surface area contributed by atoms with E-state index in [1.807, 2.05) is 55.5 Å². The van der Waals surface area contributed by atoms with Crippen molar-refractivity contribution in [1.82, 2.24) is 0 Å². The lowest BCUT2D eigenvalue weighted by Gasteiger charge is -2.01. The molecule has 0 bridgehead atoms. The molecule has 90 valence electrons. The van der Waals surface area contributed by atoms with Crippen molar-refractivity contribution in [3.8, 4) is 5.75 Å². The zero-order valence-electron chi connectivity index (χ0n) is 10.4. The second-order valence-electron chi connectivity index (χ2n) is 4.04. The van der Waals surface area contributed by atoms with Gasteiger partial charge >= 0.3 is 5.71 Å². The van der Waals surface area contributed by atoms with Gasteiger partial charge in [-0.1, -0.05) is 17.7 Å². The van der Waals surface area contributed by atoms with Crippen molar-refractivity contribution in [3.05, 3.63) is 70.8 Å². The van der Waals surface area contributed by atoms with Crippen molar-refractivity contribution >= 4 is 5.71 Å². The van der Waals surface area contributed by atoms with Gasteiger partial charge in [0.15, 0.2) is 0 Å². The van der Waals surface area contributed by atoms with Crippen LogP contribution in [0.3, 0.4) is 0 Å². The van der Waals surface area contributed by atoms with Crippen molar-refractivity contribution in [2.45, 2.75) is 6.92 Å². The molecule has 0 aliphatic heterocycles. The average molecular weight is 238 g/mol. The second-order valence-corrected chi connectivity index (χ2v) is 4.04. The molecule has 2 aromatic carbocycles. The third-order valence-electron chi connectivity index (χ3n) is 2.79. The van der Waals surface area contributed by atoms with Crippen LogP contribution in [-0.4, -0.2) is 17.6 Å². The standard InChI is InChI=1S/C15H14N2O/c1-11-3-5-12(6-4-11)15(17-16)13-7-9-14(18-2)10-8-13/h3-10H,1-2H3. The Bertz CT molecular complexity index is 579. The van der Waals surface area contributed by atoms with E-state index in [0.29, 0.717) is 5.71 Å². The first kappa shape index (κ1) is 12.1. The predicted molar refractivity (Wildman–Crippen MR) is 71.0 cm³/mol. The molecule has 18 heavy (non-hydrogen) atoms. The van der Waals surface area contributed by atoms with Crippen LogP contribution in [0.15, 0.2) is 48.5 Å². The zero-order chi connectivity index (χ0) is 13.0. The molecule has 0 aliphatic rings. The molecule has 0 saturated carbocycles. The van der Waals surface area contributed by atoms with E-state index in [4.69, 9.17) is 4.74 Å². The molecule has 0 unspecified atom stereocenters. The van der Waals surface area contributed by atoms with Crippen LogP contribution >= 0.6 is 0 Å². The molecular formula is C15H14N2O. The van der Waals surface area contributed by atoms with E-state index in [-0.39, 0.29) is 0 Å². The number of hydrogen-bond acceptors (Lipinski definition) is 1. The highest BCUT2D eigenvalue weighted by atomic mass is 16.5. The number of benzene rings is 2. The molecule has 0 aromatic heterocycles. The smallest absolute Gasteiger partial charge is 0.329 e. The lowest BCUT2D eigenvalue weighted by Crippen LogP contribution is -2.04. The summed E-state index contributed by atoms with van der Waals surface area (Å²) in [7, 11) is 1.62. The monoisotopic (exact) mass is 238 g/mol. The van der Waals surface area contributed by atoms with E-state index in [0.717, 1.165) is 16.9 Å². The van der Waals surface area contributed by atoms with E-state index >= 15 is 0 Å². The first-order valence-electron chi connectivity index (χ1n) is 5.68. The lowest BCUT2D eigenvalue weighted by molar-refractivity contribution is -0.00279. The highest BCUT2D eigenvalue weighted by Gasteiger charge is 2.14. The Morgan fingerprint density at radius 2 is 1.44 bits per heavy atom. The Labute approximate surface area is 106 Å². The summed E-state index contributed by atoms with van der Waals surface area (Å²) >= 11 is 0. The molecule has 0 heterocycles. The fraction of sp³-hybridized carbons (Fsp3) is 0.133. The summed E-state index contributed by atoms with van der Waals surface area (Å²) in [5.41, 5.74) is 12.6. The Morgan fingerprint density at radius 3 is 1.89 bits per heavy atom. The number of nitrogens with zero attached hydrogens (tertiary/aromatic N) is 2. The Balaban J connectivity index is 2.39. The van der Waals surface area contributed by atoms with Gasteiger partial charge in [-0.3, -0.25) is 0 Å². The number of aryl methyl sites for hydroxylation is 1. The Morgan fingerprint density at radius 1 is 0.944 bits per heavy atom. The third kappa shape index (κ3) is 2.47. The van der Waals surface area contributed by atoms with Crippen LogP contribution in [0.1, 0.15) is 16.7 Å². The fourth-order valence-electron chi connectivity index (χ4n) is 1.74. The van der Waals surface area contributed by atoms with Crippen LogP contribution in [0, 0.1) is 6.92 Å². The minimum Gasteiger partial charge on any atom is -0.497 e. The van der Waals surface area contributed by atoms with E-state index in [1.54, 1.807) is 7.11 Å². The van der Waals surface area contributed by atoms with Crippen LogP contribution in [0.4, 0.5) is 0 Å². The summed E-state index contributed by atoms with van der Waals surface area (Å²) in [6.07, 6.45) is 0. The SMILES string of the molecule is COc1ccc(C(=[N+]=[N-])c2ccc(C)cc2)cc1. The van der Waals surface area contributed by atoms with Crippen LogP contribution in [0.5, 0.6) is 5.75 Å². The van der Waals surface area contributed by atoms with Gasteiger partial charge < -0.3 is 10.3 Å². The minimum atomic E-state index is 0.553. The van der Waals surface area contributed by atoms with Crippen molar-refractivity contribution in [3.63, 3.8) is 0 Å². The third-order valence-corrected chi connectivity index (χ3v) is 2.79. The Hall–Kier alpha value is -2.38. The van der Waals surface area contributed by atoms with Crippen LogP contribution in [0.25, 0.3) is 5.53 Å². The molecule has 0 N–H and O–H groups in total. The highest BCUT2D eigenvalue weighted by Crippen LogP contribution is 2.15. The van der Waals surface area contributed by atoms with Gasteiger partial charge in [0.1, 0.15) is 5.75 Å². The van der Waals surface area contributed by atoms with Crippen molar-refractivity contribution in [2.75, 3.05) is 7.11 Å². The number of methoxy groups -OCH3 is 1. The minimum absolute atomic E-state index is 0.553. The maximum Gasteiger partial charge on any atom is 0.329 e. The van der Waals surface area contributed by atoms with Gasteiger partial charge in [0, 0.05) is 0 Å². The predicted octanol–water partition coefficient (Wildman–Crippen LogP) is 3.07. The van der Waals surface area contributed by atoms with Crippen LogP contribution in [-0.2, 0) is 0 Å². The summed E-state index contributed by atoms with van der Waals surface area (Å²) in [6.45, 7) is 2.02. The van der Waals surface area contributed by atoms with Gasteiger partial charge in [-0.05, 0) is 43.3 Å². The molecule has 3 nitrogen and oxygen atoms in total. The molecule has 0 atom stereocenters. The molecule has 2 aromatic rings. The molecule has 3 heteroatoms. The summed E-state index contributed by atoms with van der Waals surface area (Å²) in [5, 5.41) is 0. The molecular weight excluding hydrogens is 224 g/mol. The van der Waals surface area contributed by atoms with Gasteiger partial charge in [0.2, 0.25) is 0 Å². The largest absolute Gasteiger partial charge is 0.497 e. The van der Waals surface area contributed by atoms with Crippen molar-refractivity contribution < 1.29 is 9.53 Å². The van der Waals surface area contributed by atoms with E-state index in [9.17, 15) is 5.53 Å². The molecule has 0 fully saturated rings. The first-order chi connectivity index (χ1) is 8.74. The average Bonchev–Trinajstić information content (AvgIpc) is 2.42. The van der Waals surface area contributed by atoms with Gasteiger partial charge in [0.25, 0.3) is 0 Å². The topological polar surface area (TPSA) is 45.6 Å². The summed E-state index contributed by atoms with van der Waals surface area (Å²) in [4.78, 5) is 3.39. The van der Waals surface area contributed by atoms with Crippen LogP contribution in [0.2, 0.25) is 0 Å². The molecule has 0 spiro atoms. The normalized spacial score (nSPS) is 9.67. The molecule has 0 amide bonds. The molecule has 0 saturated heterocycles. The number of hydrogen-bond donors (Lipinski definition) is 0. The number of ether oxygens (including phenoxy) is 1. The van der Waals surface area contributed by atoms with Crippen molar-refractivity contribution in [2.24, 2.45) is 0 Å². The number of rotatable bonds is 3. The second kappa shape index (κ2) is 5.30. The lowest BCUT2D eigenvalue weighted by atomic mass is 10.0. The van der Waals surface area contributed by atoms with Gasteiger partial charge in [-0.2, -0.15) is 4.79 Å². The maximum atomic E-state index is 9.19. The maximum absolute atomic E-state index is 9.19. The molecule has 0 aliphatic carbocycles. The van der Waals surface area contributed by atoms with Crippen molar-refractivity contribution in [1.29, 1.82) is 0 Å². The van der Waals surface area contributed by atoms with Crippen LogP contribution < -0.4 is 4.74 Å². The zero-order valence-corrected chi connectivity index (χ0v) is 10.4. The Kier molecular flexibility index (Phi) is 3.56. The summed E-state index contributed by atoms with van der Waals surface area (Å²) in [5.74, 6) is 0.778. The fourth-order valence-corrected chi connectivity index (χ4v) is 1.74. The summed E-state index contributed by atoms with van der Waals surface area (Å²) in [6, 6.07) is 15.3. The van der Waals surface area contributed by atoms with E-state index in [1.165, 1.54) is 5.56 Å². The summed E-state index contributed by atoms with van der Waals surface area (Å²) < 4.78 is 5.10. The van der Waals surface area contributed by atoms with E-state index < -0.39 is 0 Å². The molecule has 2 rings (SSSR count). The van der Waals surface area contributed by atoms with Gasteiger partial charge in [0.05, 0.1) is 18.2 Å².